The molecule has 1 heterocycles. The summed E-state index contributed by atoms with van der Waals surface area (Å²) in [6, 6.07) is -0.219. The molecule has 0 bridgehead atoms. The van der Waals surface area contributed by atoms with Crippen molar-refractivity contribution >= 4 is 11.8 Å². The number of nitrogens with zero attached hydrogens (tertiary/aromatic N) is 1. The van der Waals surface area contributed by atoms with Crippen LogP contribution in [0.1, 0.15) is 39.0 Å². The van der Waals surface area contributed by atoms with E-state index >= 15 is 0 Å². The normalized spacial score (nSPS) is 36.9. The summed E-state index contributed by atoms with van der Waals surface area (Å²) >= 11 is 0. The SMILES string of the molecule is CC1CCCC1CN1CC(=O)NC(C2CC2)C1=O. The molecule has 3 rings (SSSR count). The molecule has 3 unspecified atom stereocenters. The molecule has 2 amide bonds. The first kappa shape index (κ1) is 12.0. The lowest BCUT2D eigenvalue weighted by Crippen LogP contribution is -2.59. The van der Waals surface area contributed by atoms with Crippen molar-refractivity contribution in [2.45, 2.75) is 45.1 Å². The number of piperazine rings is 1. The molecule has 3 fully saturated rings. The summed E-state index contributed by atoms with van der Waals surface area (Å²) < 4.78 is 0. The molecule has 1 saturated heterocycles. The summed E-state index contributed by atoms with van der Waals surface area (Å²) in [5.41, 5.74) is 0. The number of carbonyl (C=O) groups is 2. The van der Waals surface area contributed by atoms with Crippen LogP contribution < -0.4 is 5.32 Å². The molecule has 3 aliphatic rings. The molecule has 100 valence electrons. The predicted molar refractivity (Wildman–Crippen MR) is 67.7 cm³/mol. The number of nitrogens with one attached hydrogen (secondary N) is 1. The summed E-state index contributed by atoms with van der Waals surface area (Å²) in [6.45, 7) is 3.33. The molecule has 1 aliphatic heterocycles. The van der Waals surface area contributed by atoms with E-state index in [1.54, 1.807) is 0 Å². The molecule has 0 spiro atoms. The second-order valence-electron chi connectivity index (χ2n) is 6.27. The van der Waals surface area contributed by atoms with Crippen LogP contribution in [-0.4, -0.2) is 35.8 Å². The topological polar surface area (TPSA) is 49.4 Å². The summed E-state index contributed by atoms with van der Waals surface area (Å²) in [4.78, 5) is 25.9. The standard InChI is InChI=1S/C14H22N2O2/c1-9-3-2-4-11(9)7-16-8-12(17)15-13(14(16)18)10-5-6-10/h9-11,13H,2-8H2,1H3,(H,15,17). The van der Waals surface area contributed by atoms with Crippen LogP contribution >= 0.6 is 0 Å². The highest BCUT2D eigenvalue weighted by Crippen LogP contribution is 2.36. The Bertz CT molecular complexity index is 365. The van der Waals surface area contributed by atoms with Crippen molar-refractivity contribution in [3.63, 3.8) is 0 Å². The zero-order chi connectivity index (χ0) is 12.7. The first-order valence-corrected chi connectivity index (χ1v) is 7.23. The molecule has 4 heteroatoms. The van der Waals surface area contributed by atoms with Crippen molar-refractivity contribution in [1.82, 2.24) is 10.2 Å². The van der Waals surface area contributed by atoms with Gasteiger partial charge in [-0.1, -0.05) is 19.8 Å². The molecule has 0 aromatic rings. The molecule has 18 heavy (non-hydrogen) atoms. The Morgan fingerprint density at radius 2 is 2.00 bits per heavy atom. The molecule has 0 aromatic heterocycles. The maximum atomic E-state index is 12.4. The van der Waals surface area contributed by atoms with Crippen LogP contribution in [0.15, 0.2) is 0 Å². The Balaban J connectivity index is 1.66. The highest BCUT2D eigenvalue weighted by molar-refractivity contribution is 5.95. The van der Waals surface area contributed by atoms with Gasteiger partial charge < -0.3 is 10.2 Å². The van der Waals surface area contributed by atoms with E-state index in [4.69, 9.17) is 0 Å². The van der Waals surface area contributed by atoms with Gasteiger partial charge in [-0.25, -0.2) is 0 Å². The van der Waals surface area contributed by atoms with Crippen LogP contribution in [0, 0.1) is 17.8 Å². The first-order valence-electron chi connectivity index (χ1n) is 7.23. The second kappa shape index (κ2) is 4.56. The molecule has 3 atom stereocenters. The molecule has 1 N–H and O–H groups in total. The van der Waals surface area contributed by atoms with Gasteiger partial charge in [-0.2, -0.15) is 0 Å². The summed E-state index contributed by atoms with van der Waals surface area (Å²) in [5, 5.41) is 2.86. The lowest BCUT2D eigenvalue weighted by Gasteiger charge is -2.35. The number of rotatable bonds is 3. The van der Waals surface area contributed by atoms with Gasteiger partial charge in [0, 0.05) is 6.54 Å². The van der Waals surface area contributed by atoms with Crippen molar-refractivity contribution < 1.29 is 9.59 Å². The van der Waals surface area contributed by atoms with Gasteiger partial charge in [0.1, 0.15) is 6.04 Å². The van der Waals surface area contributed by atoms with Crippen molar-refractivity contribution in [3.8, 4) is 0 Å². The number of carbonyl (C=O) groups excluding carboxylic acids is 2. The highest BCUT2D eigenvalue weighted by atomic mass is 16.2. The number of hydrogen-bond acceptors (Lipinski definition) is 2. The van der Waals surface area contributed by atoms with Crippen LogP contribution in [0.4, 0.5) is 0 Å². The molecule has 4 nitrogen and oxygen atoms in total. The van der Waals surface area contributed by atoms with Crippen LogP contribution in [0.3, 0.4) is 0 Å². The van der Waals surface area contributed by atoms with Gasteiger partial charge in [-0.15, -0.1) is 0 Å². The lowest BCUT2D eigenvalue weighted by molar-refractivity contribution is -0.145. The molecule has 2 saturated carbocycles. The second-order valence-corrected chi connectivity index (χ2v) is 6.27. The molecular weight excluding hydrogens is 228 g/mol. The monoisotopic (exact) mass is 250 g/mol. The number of amides is 2. The zero-order valence-corrected chi connectivity index (χ0v) is 11.0. The van der Waals surface area contributed by atoms with Gasteiger partial charge in [0.2, 0.25) is 11.8 Å². The fourth-order valence-corrected chi connectivity index (χ4v) is 3.41. The fourth-order valence-electron chi connectivity index (χ4n) is 3.41. The van der Waals surface area contributed by atoms with Crippen molar-refractivity contribution in [2.75, 3.05) is 13.1 Å². The van der Waals surface area contributed by atoms with Gasteiger partial charge in [0.15, 0.2) is 0 Å². The van der Waals surface area contributed by atoms with Crippen LogP contribution in [0.2, 0.25) is 0 Å². The molecular formula is C14H22N2O2. The van der Waals surface area contributed by atoms with E-state index in [1.165, 1.54) is 19.3 Å². The third kappa shape index (κ3) is 2.25. The van der Waals surface area contributed by atoms with E-state index in [1.807, 2.05) is 4.90 Å². The van der Waals surface area contributed by atoms with E-state index < -0.39 is 0 Å². The van der Waals surface area contributed by atoms with Gasteiger partial charge >= 0.3 is 0 Å². The van der Waals surface area contributed by atoms with Gasteiger partial charge in [0.25, 0.3) is 0 Å². The Hall–Kier alpha value is -1.06. The van der Waals surface area contributed by atoms with Crippen LogP contribution in [0.25, 0.3) is 0 Å². The van der Waals surface area contributed by atoms with E-state index in [0.717, 1.165) is 19.4 Å². The van der Waals surface area contributed by atoms with Gasteiger partial charge in [-0.05, 0) is 37.0 Å². The van der Waals surface area contributed by atoms with Crippen LogP contribution in [-0.2, 0) is 9.59 Å². The fraction of sp³-hybridized carbons (Fsp3) is 0.857. The Morgan fingerprint density at radius 3 is 2.61 bits per heavy atom. The molecule has 0 radical (unpaired) electrons. The van der Waals surface area contributed by atoms with Crippen molar-refractivity contribution in [1.29, 1.82) is 0 Å². The van der Waals surface area contributed by atoms with Gasteiger partial charge in [0.05, 0.1) is 6.54 Å². The van der Waals surface area contributed by atoms with Gasteiger partial charge in [-0.3, -0.25) is 9.59 Å². The minimum absolute atomic E-state index is 0.0251. The minimum atomic E-state index is -0.219. The summed E-state index contributed by atoms with van der Waals surface area (Å²) in [5.74, 6) is 1.89. The Morgan fingerprint density at radius 1 is 1.22 bits per heavy atom. The van der Waals surface area contributed by atoms with E-state index in [9.17, 15) is 9.59 Å². The van der Waals surface area contributed by atoms with Crippen molar-refractivity contribution in [3.05, 3.63) is 0 Å². The predicted octanol–water partition coefficient (Wildman–Crippen LogP) is 1.16. The summed E-state index contributed by atoms with van der Waals surface area (Å²) in [6.07, 6.45) is 5.92. The molecule has 2 aliphatic carbocycles. The van der Waals surface area contributed by atoms with Crippen LogP contribution in [0.5, 0.6) is 0 Å². The first-order chi connectivity index (χ1) is 8.65. The lowest BCUT2D eigenvalue weighted by atomic mass is 9.96. The quantitative estimate of drug-likeness (QED) is 0.817. The van der Waals surface area contributed by atoms with E-state index in [-0.39, 0.29) is 24.4 Å². The average molecular weight is 250 g/mol. The van der Waals surface area contributed by atoms with E-state index in [0.29, 0.717) is 17.8 Å². The number of hydrogen-bond donors (Lipinski definition) is 1. The maximum Gasteiger partial charge on any atom is 0.245 e. The average Bonchev–Trinajstić information content (AvgIpc) is 3.09. The maximum absolute atomic E-state index is 12.4. The van der Waals surface area contributed by atoms with Crippen molar-refractivity contribution in [2.24, 2.45) is 17.8 Å². The summed E-state index contributed by atoms with van der Waals surface area (Å²) in [7, 11) is 0. The third-order valence-corrected chi connectivity index (χ3v) is 4.82. The minimum Gasteiger partial charge on any atom is -0.342 e. The largest absolute Gasteiger partial charge is 0.342 e. The molecule has 0 aromatic carbocycles. The van der Waals surface area contributed by atoms with E-state index in [2.05, 4.69) is 12.2 Å². The smallest absolute Gasteiger partial charge is 0.245 e. The third-order valence-electron chi connectivity index (χ3n) is 4.82. The Kier molecular flexibility index (Phi) is 3.04. The zero-order valence-electron chi connectivity index (χ0n) is 11.0. The Labute approximate surface area is 108 Å². The highest BCUT2D eigenvalue weighted by Gasteiger charge is 2.43.